The van der Waals surface area contributed by atoms with Crippen molar-refractivity contribution in [3.05, 3.63) is 52.6 Å². The Morgan fingerprint density at radius 2 is 1.69 bits per heavy atom. The lowest BCUT2D eigenvalue weighted by molar-refractivity contribution is 0.0525. The lowest BCUT2D eigenvalue weighted by Crippen LogP contribution is -2.17. The van der Waals surface area contributed by atoms with Crippen molar-refractivity contribution in [3.8, 4) is 11.1 Å². The van der Waals surface area contributed by atoms with E-state index in [1.165, 1.54) is 12.1 Å². The van der Waals surface area contributed by atoms with E-state index in [1.54, 1.807) is 19.1 Å². The standard InChI is InChI=1S/C21H24FNO3/c1-6-26-21(25)18-17(14-7-9-15(22)10-8-14)16(11-24)19(12(2)3)23-20(18)13(4)5/h7-13H,6H2,1-5H3. The van der Waals surface area contributed by atoms with Crippen LogP contribution in [-0.2, 0) is 4.74 Å². The fraction of sp³-hybridized carbons (Fsp3) is 0.381. The minimum Gasteiger partial charge on any atom is -0.462 e. The maximum Gasteiger partial charge on any atom is 0.340 e. The van der Waals surface area contributed by atoms with E-state index in [0.717, 1.165) is 0 Å². The second kappa shape index (κ2) is 8.21. The molecule has 2 aromatic rings. The summed E-state index contributed by atoms with van der Waals surface area (Å²) in [5.74, 6) is -0.974. The molecule has 5 heteroatoms. The van der Waals surface area contributed by atoms with Crippen LogP contribution in [0.25, 0.3) is 11.1 Å². The molecule has 0 aliphatic carbocycles. The quantitative estimate of drug-likeness (QED) is 0.532. The van der Waals surface area contributed by atoms with Crippen LogP contribution in [0.2, 0.25) is 0 Å². The van der Waals surface area contributed by atoms with Gasteiger partial charge in [-0.2, -0.15) is 0 Å². The van der Waals surface area contributed by atoms with Gasteiger partial charge in [-0.05, 0) is 36.5 Å². The predicted molar refractivity (Wildman–Crippen MR) is 99.2 cm³/mol. The van der Waals surface area contributed by atoms with E-state index in [0.29, 0.717) is 34.4 Å². The molecule has 4 nitrogen and oxygen atoms in total. The van der Waals surface area contributed by atoms with Crippen LogP contribution >= 0.6 is 0 Å². The van der Waals surface area contributed by atoms with Crippen molar-refractivity contribution in [1.82, 2.24) is 4.98 Å². The Kier molecular flexibility index (Phi) is 6.24. The van der Waals surface area contributed by atoms with Gasteiger partial charge in [0.2, 0.25) is 0 Å². The Morgan fingerprint density at radius 1 is 1.12 bits per heavy atom. The zero-order chi connectivity index (χ0) is 19.4. The first kappa shape index (κ1) is 19.8. The van der Waals surface area contributed by atoms with E-state index in [9.17, 15) is 14.0 Å². The number of nitrogens with zero attached hydrogens (tertiary/aromatic N) is 1. The first-order valence-electron chi connectivity index (χ1n) is 8.77. The number of aromatic nitrogens is 1. The molecule has 0 saturated carbocycles. The van der Waals surface area contributed by atoms with Crippen molar-refractivity contribution < 1.29 is 18.7 Å². The van der Waals surface area contributed by atoms with Crippen LogP contribution in [0.1, 0.15) is 78.6 Å². The molecule has 0 atom stereocenters. The highest BCUT2D eigenvalue weighted by atomic mass is 19.1. The third-order valence-electron chi connectivity index (χ3n) is 4.12. The smallest absolute Gasteiger partial charge is 0.340 e. The Balaban J connectivity index is 2.96. The normalized spacial score (nSPS) is 11.1. The van der Waals surface area contributed by atoms with Gasteiger partial charge >= 0.3 is 5.97 Å². The highest BCUT2D eigenvalue weighted by Gasteiger charge is 2.28. The predicted octanol–water partition coefficient (Wildman–Crippen LogP) is 5.12. The highest BCUT2D eigenvalue weighted by Crippen LogP contribution is 2.36. The number of halogens is 1. The summed E-state index contributed by atoms with van der Waals surface area (Å²) >= 11 is 0. The van der Waals surface area contributed by atoms with Crippen LogP contribution in [0.4, 0.5) is 4.39 Å². The first-order chi connectivity index (χ1) is 12.3. The summed E-state index contributed by atoms with van der Waals surface area (Å²) < 4.78 is 18.6. The number of carbonyl (C=O) groups excluding carboxylic acids is 2. The Labute approximate surface area is 153 Å². The van der Waals surface area contributed by atoms with Crippen LogP contribution in [0.5, 0.6) is 0 Å². The van der Waals surface area contributed by atoms with Gasteiger partial charge in [-0.15, -0.1) is 0 Å². The van der Waals surface area contributed by atoms with Gasteiger partial charge in [-0.1, -0.05) is 39.8 Å². The number of benzene rings is 1. The fourth-order valence-electron chi connectivity index (χ4n) is 2.94. The number of ether oxygens (including phenoxy) is 1. The summed E-state index contributed by atoms with van der Waals surface area (Å²) in [6.45, 7) is 9.69. The van der Waals surface area contributed by atoms with Crippen molar-refractivity contribution in [3.63, 3.8) is 0 Å². The average molecular weight is 357 g/mol. The van der Waals surface area contributed by atoms with Gasteiger partial charge < -0.3 is 4.74 Å². The summed E-state index contributed by atoms with van der Waals surface area (Å²) in [5.41, 5.74) is 2.87. The van der Waals surface area contributed by atoms with Gasteiger partial charge in [0.15, 0.2) is 6.29 Å². The number of pyridine rings is 1. The number of carbonyl (C=O) groups is 2. The molecule has 0 N–H and O–H groups in total. The summed E-state index contributed by atoms with van der Waals surface area (Å²) in [5, 5.41) is 0. The molecule has 1 heterocycles. The summed E-state index contributed by atoms with van der Waals surface area (Å²) in [6.07, 6.45) is 0.716. The van der Waals surface area contributed by atoms with E-state index in [4.69, 9.17) is 4.74 Å². The minimum absolute atomic E-state index is 0.0110. The molecule has 0 saturated heterocycles. The van der Waals surface area contributed by atoms with Gasteiger partial charge in [0.25, 0.3) is 0 Å². The molecular weight excluding hydrogens is 333 g/mol. The van der Waals surface area contributed by atoms with Gasteiger partial charge in [-0.3, -0.25) is 9.78 Å². The Morgan fingerprint density at radius 3 is 2.15 bits per heavy atom. The molecule has 0 bridgehead atoms. The molecule has 0 amide bonds. The molecule has 138 valence electrons. The second-order valence-corrected chi connectivity index (χ2v) is 6.70. The average Bonchev–Trinajstić information content (AvgIpc) is 2.60. The SMILES string of the molecule is CCOC(=O)c1c(C(C)C)nc(C(C)C)c(C=O)c1-c1ccc(F)cc1. The zero-order valence-corrected chi connectivity index (χ0v) is 15.8. The van der Waals surface area contributed by atoms with Gasteiger partial charge in [0.05, 0.1) is 23.6 Å². The lowest BCUT2D eigenvalue weighted by atomic mass is 9.87. The molecule has 0 unspecified atom stereocenters. The number of rotatable bonds is 6. The molecule has 0 radical (unpaired) electrons. The molecule has 1 aromatic heterocycles. The molecule has 26 heavy (non-hydrogen) atoms. The largest absolute Gasteiger partial charge is 0.462 e. The molecule has 0 aliphatic heterocycles. The van der Waals surface area contributed by atoms with E-state index < -0.39 is 5.97 Å². The van der Waals surface area contributed by atoms with E-state index >= 15 is 0 Å². The number of hydrogen-bond acceptors (Lipinski definition) is 4. The maximum absolute atomic E-state index is 13.4. The second-order valence-electron chi connectivity index (χ2n) is 6.70. The van der Waals surface area contributed by atoms with Crippen molar-refractivity contribution in [2.45, 2.75) is 46.5 Å². The number of hydrogen-bond donors (Lipinski definition) is 0. The van der Waals surface area contributed by atoms with Crippen LogP contribution < -0.4 is 0 Å². The molecule has 2 rings (SSSR count). The van der Waals surface area contributed by atoms with Crippen molar-refractivity contribution in [1.29, 1.82) is 0 Å². The number of esters is 1. The third-order valence-corrected chi connectivity index (χ3v) is 4.12. The lowest BCUT2D eigenvalue weighted by Gasteiger charge is -2.21. The Hall–Kier alpha value is -2.56. The topological polar surface area (TPSA) is 56.3 Å². The minimum atomic E-state index is -0.526. The molecule has 0 spiro atoms. The first-order valence-corrected chi connectivity index (χ1v) is 8.77. The van der Waals surface area contributed by atoms with Crippen molar-refractivity contribution in [2.24, 2.45) is 0 Å². The fourth-order valence-corrected chi connectivity index (χ4v) is 2.94. The van der Waals surface area contributed by atoms with Crippen molar-refractivity contribution in [2.75, 3.05) is 6.61 Å². The van der Waals surface area contributed by atoms with E-state index in [1.807, 2.05) is 27.7 Å². The van der Waals surface area contributed by atoms with Gasteiger partial charge in [0, 0.05) is 11.1 Å². The van der Waals surface area contributed by atoms with Crippen molar-refractivity contribution >= 4 is 12.3 Å². The monoisotopic (exact) mass is 357 g/mol. The van der Waals surface area contributed by atoms with Crippen LogP contribution in [0, 0.1) is 5.82 Å². The van der Waals surface area contributed by atoms with Crippen LogP contribution in [-0.4, -0.2) is 23.8 Å². The molecular formula is C21H24FNO3. The summed E-state index contributed by atoms with van der Waals surface area (Å²) in [6, 6.07) is 5.75. The van der Waals surface area contributed by atoms with Crippen LogP contribution in [0.3, 0.4) is 0 Å². The molecule has 0 fully saturated rings. The van der Waals surface area contributed by atoms with E-state index in [-0.39, 0.29) is 29.8 Å². The number of aldehydes is 1. The van der Waals surface area contributed by atoms with Crippen LogP contribution in [0.15, 0.2) is 24.3 Å². The Bertz CT molecular complexity index is 811. The maximum atomic E-state index is 13.4. The highest BCUT2D eigenvalue weighted by molar-refractivity contribution is 6.04. The zero-order valence-electron chi connectivity index (χ0n) is 15.8. The van der Waals surface area contributed by atoms with Gasteiger partial charge in [0.1, 0.15) is 5.82 Å². The van der Waals surface area contributed by atoms with E-state index in [2.05, 4.69) is 4.98 Å². The molecule has 1 aromatic carbocycles. The third kappa shape index (κ3) is 3.82. The van der Waals surface area contributed by atoms with Gasteiger partial charge in [-0.25, -0.2) is 9.18 Å². The summed E-state index contributed by atoms with van der Waals surface area (Å²) in [7, 11) is 0. The molecule has 0 aliphatic rings. The summed E-state index contributed by atoms with van der Waals surface area (Å²) in [4.78, 5) is 29.3.